The van der Waals surface area contributed by atoms with E-state index in [2.05, 4.69) is 15.5 Å². The Morgan fingerprint density at radius 3 is 2.56 bits per heavy atom. The third kappa shape index (κ3) is 5.71. The summed E-state index contributed by atoms with van der Waals surface area (Å²) >= 11 is 0. The van der Waals surface area contributed by atoms with Crippen LogP contribution in [0.1, 0.15) is 43.2 Å². The third-order valence-electron chi connectivity index (χ3n) is 9.53. The van der Waals surface area contributed by atoms with Crippen molar-refractivity contribution >= 4 is 34.4 Å². The average molecular weight is 587 g/mol. The molecule has 1 aromatic heterocycles. The summed E-state index contributed by atoms with van der Waals surface area (Å²) < 4.78 is 11.7. The van der Waals surface area contributed by atoms with Crippen LogP contribution < -0.4 is 5.32 Å². The molecule has 7 rings (SSSR count). The first kappa shape index (κ1) is 27.8. The van der Waals surface area contributed by atoms with Crippen molar-refractivity contribution in [2.24, 2.45) is 5.92 Å². The normalized spacial score (nSPS) is 21.2. The Labute approximate surface area is 250 Å². The number of benzene rings is 2. The number of anilines is 1. The minimum absolute atomic E-state index is 0.00651. The van der Waals surface area contributed by atoms with E-state index in [1.54, 1.807) is 6.20 Å². The molecular weight excluding hydrogens is 548 g/mol. The summed E-state index contributed by atoms with van der Waals surface area (Å²) in [6.07, 6.45) is 5.11. The fourth-order valence-electron chi connectivity index (χ4n) is 7.05. The number of carbonyl (C=O) groups is 3. The Hall–Kier alpha value is -3.96. The molecule has 3 aromatic rings. The second-order valence-corrected chi connectivity index (χ2v) is 12.2. The molecular formula is C32H38N6O5. The van der Waals surface area contributed by atoms with E-state index in [1.807, 2.05) is 57.2 Å². The number of H-pyrrole nitrogens is 1. The Bertz CT molecular complexity index is 1500. The first-order valence-corrected chi connectivity index (χ1v) is 15.4. The van der Waals surface area contributed by atoms with Gasteiger partial charge in [-0.2, -0.15) is 5.10 Å². The van der Waals surface area contributed by atoms with Crippen LogP contribution in [0, 0.1) is 5.92 Å². The third-order valence-corrected chi connectivity index (χ3v) is 9.53. The maximum absolute atomic E-state index is 13.9. The highest BCUT2D eigenvalue weighted by atomic mass is 16.7. The molecule has 0 aliphatic carbocycles. The smallest absolute Gasteiger partial charge is 0.322 e. The molecule has 0 unspecified atom stereocenters. The summed E-state index contributed by atoms with van der Waals surface area (Å²) in [4.78, 5) is 46.1. The SMILES string of the molecule is O=C(C[C@@H](Cc1ccc2[nH]ncc2c1)C(=O)N1CCC2(CC1)OCCO2)N1CCC(N2Cc3ccccc3NC2=O)CC1. The number of rotatable bonds is 6. The molecule has 4 aliphatic rings. The minimum atomic E-state index is -0.563. The van der Waals surface area contributed by atoms with Crippen molar-refractivity contribution in [2.45, 2.75) is 56.9 Å². The Morgan fingerprint density at radius 1 is 1.00 bits per heavy atom. The largest absolute Gasteiger partial charge is 0.347 e. The van der Waals surface area contributed by atoms with Crippen LogP contribution in [0.15, 0.2) is 48.7 Å². The van der Waals surface area contributed by atoms with Gasteiger partial charge >= 0.3 is 6.03 Å². The van der Waals surface area contributed by atoms with Gasteiger partial charge in [0.15, 0.2) is 5.79 Å². The number of hydrogen-bond donors (Lipinski definition) is 2. The number of carbonyl (C=O) groups excluding carboxylic acids is 3. The van der Waals surface area contributed by atoms with Crippen LogP contribution >= 0.6 is 0 Å². The van der Waals surface area contributed by atoms with E-state index in [-0.39, 0.29) is 30.3 Å². The lowest BCUT2D eigenvalue weighted by Gasteiger charge is -2.41. The number of aromatic amines is 1. The summed E-state index contributed by atoms with van der Waals surface area (Å²) in [5, 5.41) is 11.1. The standard InChI is InChI=1S/C32H38N6O5/c39-29(36-11-7-26(8-12-36)38-21-23-3-1-2-4-27(23)34-31(38)41)19-24(17-22-5-6-28-25(18-22)20-33-35-28)30(40)37-13-9-32(10-14-37)42-15-16-43-32/h1-6,18,20,24,26H,7-17,19,21H2,(H,33,35)(H,34,41)/t24-/m1/s1. The Morgan fingerprint density at radius 2 is 1.77 bits per heavy atom. The molecule has 226 valence electrons. The van der Waals surface area contributed by atoms with Crippen LogP contribution in [0.25, 0.3) is 10.9 Å². The van der Waals surface area contributed by atoms with Crippen molar-refractivity contribution in [1.29, 1.82) is 0 Å². The van der Waals surface area contributed by atoms with Crippen LogP contribution in [0.4, 0.5) is 10.5 Å². The van der Waals surface area contributed by atoms with Crippen molar-refractivity contribution in [1.82, 2.24) is 24.9 Å². The molecule has 4 aliphatic heterocycles. The van der Waals surface area contributed by atoms with Crippen LogP contribution in [0.2, 0.25) is 0 Å². The topological polar surface area (TPSA) is 120 Å². The summed E-state index contributed by atoms with van der Waals surface area (Å²) in [6, 6.07) is 13.9. The number of likely N-dealkylation sites (tertiary alicyclic amines) is 2. The fourth-order valence-corrected chi connectivity index (χ4v) is 7.05. The van der Waals surface area contributed by atoms with E-state index in [4.69, 9.17) is 9.47 Å². The van der Waals surface area contributed by atoms with Crippen LogP contribution in [0.3, 0.4) is 0 Å². The highest BCUT2D eigenvalue weighted by Crippen LogP contribution is 2.33. The summed E-state index contributed by atoms with van der Waals surface area (Å²) in [6.45, 7) is 4.00. The van der Waals surface area contributed by atoms with Crippen LogP contribution in [-0.4, -0.2) is 94.0 Å². The Kier molecular flexibility index (Phi) is 7.52. The molecule has 4 amide bonds. The lowest BCUT2D eigenvalue weighted by molar-refractivity contribution is -0.188. The van der Waals surface area contributed by atoms with E-state index in [9.17, 15) is 14.4 Å². The predicted octanol–water partition coefficient (Wildman–Crippen LogP) is 3.52. The second-order valence-electron chi connectivity index (χ2n) is 12.2. The first-order chi connectivity index (χ1) is 21.0. The van der Waals surface area contributed by atoms with Gasteiger partial charge in [0.2, 0.25) is 11.8 Å². The first-order valence-electron chi connectivity index (χ1n) is 15.4. The van der Waals surface area contributed by atoms with Crippen molar-refractivity contribution in [3.8, 4) is 0 Å². The molecule has 11 heteroatoms. The number of amides is 4. The van der Waals surface area contributed by atoms with E-state index in [1.165, 1.54) is 0 Å². The lowest BCUT2D eigenvalue weighted by atomic mass is 9.91. The van der Waals surface area contributed by atoms with Crippen LogP contribution in [-0.2, 0) is 32.0 Å². The van der Waals surface area contributed by atoms with Gasteiger partial charge in [0.05, 0.1) is 30.8 Å². The van der Waals surface area contributed by atoms with Crippen LogP contribution in [0.5, 0.6) is 0 Å². The zero-order chi connectivity index (χ0) is 29.4. The number of nitrogens with one attached hydrogen (secondary N) is 2. The fraction of sp³-hybridized carbons (Fsp3) is 0.500. The predicted molar refractivity (Wildman–Crippen MR) is 159 cm³/mol. The molecule has 1 spiro atoms. The molecule has 0 bridgehead atoms. The lowest BCUT2D eigenvalue weighted by Crippen LogP contribution is -2.52. The number of piperidine rings is 2. The van der Waals surface area contributed by atoms with Gasteiger partial charge in [-0.3, -0.25) is 14.7 Å². The maximum atomic E-state index is 13.9. The monoisotopic (exact) mass is 586 g/mol. The molecule has 3 fully saturated rings. The summed E-state index contributed by atoms with van der Waals surface area (Å²) in [5.74, 6) is -1.04. The number of hydrogen-bond acceptors (Lipinski definition) is 6. The summed E-state index contributed by atoms with van der Waals surface area (Å²) in [7, 11) is 0. The molecule has 43 heavy (non-hydrogen) atoms. The number of nitrogens with zero attached hydrogens (tertiary/aromatic N) is 4. The molecule has 11 nitrogen and oxygen atoms in total. The van der Waals surface area contributed by atoms with E-state index < -0.39 is 11.7 Å². The van der Waals surface area contributed by atoms with Gasteiger partial charge in [0, 0.05) is 69.1 Å². The molecule has 0 saturated carbocycles. The van der Waals surface area contributed by atoms with E-state index in [0.29, 0.717) is 78.0 Å². The highest BCUT2D eigenvalue weighted by molar-refractivity contribution is 5.92. The molecule has 5 heterocycles. The molecule has 2 aromatic carbocycles. The quantitative estimate of drug-likeness (QED) is 0.456. The van der Waals surface area contributed by atoms with Gasteiger partial charge in [-0.15, -0.1) is 0 Å². The minimum Gasteiger partial charge on any atom is -0.347 e. The second kappa shape index (κ2) is 11.6. The molecule has 0 radical (unpaired) electrons. The van der Waals surface area contributed by atoms with E-state index >= 15 is 0 Å². The number of fused-ring (bicyclic) bond motifs is 2. The van der Waals surface area contributed by atoms with Crippen molar-refractivity contribution in [2.75, 3.05) is 44.7 Å². The zero-order valence-electron chi connectivity index (χ0n) is 24.3. The van der Waals surface area contributed by atoms with Gasteiger partial charge in [-0.05, 0) is 48.6 Å². The number of urea groups is 1. The van der Waals surface area contributed by atoms with Crippen molar-refractivity contribution < 1.29 is 23.9 Å². The molecule has 2 N–H and O–H groups in total. The van der Waals surface area contributed by atoms with Gasteiger partial charge in [0.25, 0.3) is 0 Å². The maximum Gasteiger partial charge on any atom is 0.322 e. The van der Waals surface area contributed by atoms with Gasteiger partial charge < -0.3 is 29.5 Å². The number of ether oxygens (including phenoxy) is 2. The average Bonchev–Trinajstić information content (AvgIpc) is 3.70. The van der Waals surface area contributed by atoms with E-state index in [0.717, 1.165) is 27.7 Å². The van der Waals surface area contributed by atoms with Gasteiger partial charge in [-0.1, -0.05) is 24.3 Å². The van der Waals surface area contributed by atoms with Gasteiger partial charge in [-0.25, -0.2) is 4.79 Å². The Balaban J connectivity index is 1.01. The zero-order valence-corrected chi connectivity index (χ0v) is 24.3. The van der Waals surface area contributed by atoms with Crippen molar-refractivity contribution in [3.05, 3.63) is 59.8 Å². The number of para-hydroxylation sites is 1. The van der Waals surface area contributed by atoms with Crippen molar-refractivity contribution in [3.63, 3.8) is 0 Å². The number of aromatic nitrogens is 2. The summed E-state index contributed by atoms with van der Waals surface area (Å²) in [5.41, 5.74) is 3.91. The molecule has 3 saturated heterocycles. The molecule has 1 atom stereocenters. The van der Waals surface area contributed by atoms with Gasteiger partial charge in [0.1, 0.15) is 0 Å². The highest BCUT2D eigenvalue weighted by Gasteiger charge is 2.42.